The molecule has 0 atom stereocenters. The van der Waals surface area contributed by atoms with E-state index in [9.17, 15) is 4.79 Å². The van der Waals surface area contributed by atoms with Gasteiger partial charge in [0.1, 0.15) is 5.75 Å². The second-order valence-electron chi connectivity index (χ2n) is 10.7. The number of hydrogen-bond donors (Lipinski definition) is 2. The highest BCUT2D eigenvalue weighted by molar-refractivity contribution is 5.93. The number of esters is 1. The maximum Gasteiger partial charge on any atom is 0.343 e. The molecule has 0 spiro atoms. The quantitative estimate of drug-likeness (QED) is 0.120. The van der Waals surface area contributed by atoms with Crippen LogP contribution in [-0.2, 0) is 0 Å². The number of ether oxygens (including phenoxy) is 1. The fourth-order valence-electron chi connectivity index (χ4n) is 5.62. The third kappa shape index (κ3) is 7.85. The molecule has 0 radical (unpaired) electrons. The molecule has 0 heterocycles. The summed E-state index contributed by atoms with van der Waals surface area (Å²) in [4.78, 5) is 12.4. The molecule has 0 amide bonds. The smallest absolute Gasteiger partial charge is 0.343 e. The number of rotatable bonds is 11. The predicted octanol–water partition coefficient (Wildman–Crippen LogP) is 8.76. The predicted molar refractivity (Wildman–Crippen MR) is 155 cm³/mol. The largest absolute Gasteiger partial charge is 0.423 e. The lowest BCUT2D eigenvalue weighted by Gasteiger charge is -2.29. The van der Waals surface area contributed by atoms with Crippen LogP contribution in [0.25, 0.3) is 11.1 Å². The lowest BCUT2D eigenvalue weighted by Crippen LogP contribution is -2.13. The van der Waals surface area contributed by atoms with Crippen molar-refractivity contribution in [3.63, 3.8) is 0 Å². The van der Waals surface area contributed by atoms with Crippen molar-refractivity contribution < 1.29 is 9.53 Å². The summed E-state index contributed by atoms with van der Waals surface area (Å²) < 4.78 is 5.50. The maximum absolute atomic E-state index is 12.4. The van der Waals surface area contributed by atoms with E-state index in [-0.39, 0.29) is 0 Å². The molecule has 3 aromatic rings. The zero-order valence-corrected chi connectivity index (χ0v) is 22.3. The van der Waals surface area contributed by atoms with Crippen LogP contribution < -0.4 is 16.2 Å². The van der Waals surface area contributed by atoms with E-state index < -0.39 is 5.97 Å². The van der Waals surface area contributed by atoms with Gasteiger partial charge in [-0.05, 0) is 84.5 Å². The molecule has 4 heteroatoms. The number of carbonyl (C=O) groups excluding carboxylic acids is 1. The van der Waals surface area contributed by atoms with Gasteiger partial charge >= 0.3 is 5.97 Å². The minimum Gasteiger partial charge on any atom is -0.423 e. The molecule has 4 rings (SSSR count). The molecule has 4 nitrogen and oxygen atoms in total. The highest BCUT2D eigenvalue weighted by Crippen LogP contribution is 2.38. The Morgan fingerprint density at radius 2 is 1.32 bits per heavy atom. The second kappa shape index (κ2) is 13.3. The Labute approximate surface area is 222 Å². The van der Waals surface area contributed by atoms with Gasteiger partial charge in [0.25, 0.3) is 0 Å². The summed E-state index contributed by atoms with van der Waals surface area (Å²) in [6.07, 6.45) is 15.2. The van der Waals surface area contributed by atoms with E-state index in [0.717, 1.165) is 11.5 Å². The zero-order chi connectivity index (χ0) is 26.0. The van der Waals surface area contributed by atoms with Crippen molar-refractivity contribution in [3.05, 3.63) is 77.9 Å². The molecule has 1 fully saturated rings. The summed E-state index contributed by atoms with van der Waals surface area (Å²) >= 11 is 0. The number of benzene rings is 3. The van der Waals surface area contributed by atoms with E-state index >= 15 is 0 Å². The molecular formula is C33H42N2O2. The van der Waals surface area contributed by atoms with E-state index in [0.29, 0.717) is 28.6 Å². The van der Waals surface area contributed by atoms with Crippen LogP contribution in [0, 0.1) is 5.92 Å². The van der Waals surface area contributed by atoms with E-state index in [4.69, 9.17) is 16.2 Å². The molecule has 0 aromatic heterocycles. The summed E-state index contributed by atoms with van der Waals surface area (Å²) in [5.74, 6) is 1.64. The second-order valence-corrected chi connectivity index (χ2v) is 10.7. The first-order chi connectivity index (χ1) is 18.0. The van der Waals surface area contributed by atoms with Crippen molar-refractivity contribution in [2.75, 3.05) is 11.5 Å². The van der Waals surface area contributed by atoms with Crippen LogP contribution in [0.3, 0.4) is 0 Å². The van der Waals surface area contributed by atoms with Gasteiger partial charge in [0.2, 0.25) is 0 Å². The van der Waals surface area contributed by atoms with Crippen molar-refractivity contribution in [1.29, 1.82) is 0 Å². The number of nitrogens with two attached hydrogens (primary N) is 2. The third-order valence-corrected chi connectivity index (χ3v) is 7.81. The van der Waals surface area contributed by atoms with Crippen molar-refractivity contribution in [2.24, 2.45) is 5.92 Å². The normalized spacial score (nSPS) is 17.4. The number of anilines is 2. The Kier molecular flexibility index (Phi) is 9.65. The number of carbonyl (C=O) groups is 1. The first-order valence-corrected chi connectivity index (χ1v) is 14.1. The van der Waals surface area contributed by atoms with Crippen molar-refractivity contribution in [1.82, 2.24) is 0 Å². The van der Waals surface area contributed by atoms with Gasteiger partial charge in [0.15, 0.2) is 0 Å². The third-order valence-electron chi connectivity index (χ3n) is 7.81. The maximum atomic E-state index is 12.4. The summed E-state index contributed by atoms with van der Waals surface area (Å²) in [7, 11) is 0. The molecule has 0 bridgehead atoms. The van der Waals surface area contributed by atoms with Crippen LogP contribution >= 0.6 is 0 Å². The minimum atomic E-state index is -0.474. The van der Waals surface area contributed by atoms with Crippen LogP contribution in [0.5, 0.6) is 5.75 Å². The molecule has 1 saturated carbocycles. The highest BCUT2D eigenvalue weighted by Gasteiger charge is 2.22. The van der Waals surface area contributed by atoms with Gasteiger partial charge in [-0.1, -0.05) is 88.3 Å². The van der Waals surface area contributed by atoms with Crippen LogP contribution in [0.15, 0.2) is 66.7 Å². The fraction of sp³-hybridized carbons (Fsp3) is 0.424. The standard InChI is InChI=1S/C33H42N2O2/c1-2-3-4-5-6-7-8-24-9-11-25(12-10-24)26-13-15-27(16-14-26)28-17-19-32(20-18-28)37-33(36)29-21-30(34)23-31(35)22-29/h13-25H,2-12,34-35H2,1H3. The Bertz CT molecular complexity index is 1110. The van der Waals surface area contributed by atoms with Gasteiger partial charge in [-0.2, -0.15) is 0 Å². The number of nitrogen functional groups attached to an aromatic ring is 2. The van der Waals surface area contributed by atoms with E-state index in [2.05, 4.69) is 31.2 Å². The Morgan fingerprint density at radius 3 is 1.95 bits per heavy atom. The van der Waals surface area contributed by atoms with Gasteiger partial charge in [0.05, 0.1) is 5.56 Å². The fourth-order valence-corrected chi connectivity index (χ4v) is 5.62. The Hall–Kier alpha value is -3.27. The first-order valence-electron chi connectivity index (χ1n) is 14.1. The average molecular weight is 499 g/mol. The highest BCUT2D eigenvalue weighted by atomic mass is 16.5. The molecule has 3 aromatic carbocycles. The summed E-state index contributed by atoms with van der Waals surface area (Å²) in [6, 6.07) is 21.4. The van der Waals surface area contributed by atoms with Crippen LogP contribution in [0.2, 0.25) is 0 Å². The van der Waals surface area contributed by atoms with E-state index in [1.54, 1.807) is 18.2 Å². The molecule has 0 aliphatic heterocycles. The van der Waals surface area contributed by atoms with Gasteiger partial charge in [-0.3, -0.25) is 0 Å². The number of unbranched alkanes of at least 4 members (excludes halogenated alkanes) is 5. The molecule has 4 N–H and O–H groups in total. The minimum absolute atomic E-state index is 0.341. The molecule has 1 aliphatic rings. The monoisotopic (exact) mass is 498 g/mol. The van der Waals surface area contributed by atoms with Crippen molar-refractivity contribution in [2.45, 2.75) is 83.5 Å². The Balaban J connectivity index is 1.25. The average Bonchev–Trinajstić information content (AvgIpc) is 2.91. The van der Waals surface area contributed by atoms with E-state index in [1.807, 2.05) is 24.3 Å². The summed E-state index contributed by atoms with van der Waals surface area (Å²) in [5, 5.41) is 0. The molecule has 0 unspecified atom stereocenters. The van der Waals surface area contributed by atoms with E-state index in [1.165, 1.54) is 81.8 Å². The number of hydrogen-bond acceptors (Lipinski definition) is 4. The zero-order valence-electron chi connectivity index (χ0n) is 22.3. The topological polar surface area (TPSA) is 78.3 Å². The SMILES string of the molecule is CCCCCCCCC1CCC(c2ccc(-c3ccc(OC(=O)c4cc(N)cc(N)c4)cc3)cc2)CC1. The summed E-state index contributed by atoms with van der Waals surface area (Å²) in [5.41, 5.74) is 16.5. The van der Waals surface area contributed by atoms with Gasteiger partial charge < -0.3 is 16.2 Å². The molecular weight excluding hydrogens is 456 g/mol. The summed E-state index contributed by atoms with van der Waals surface area (Å²) in [6.45, 7) is 2.28. The first kappa shape index (κ1) is 26.8. The Morgan fingerprint density at radius 1 is 0.757 bits per heavy atom. The molecule has 0 saturated heterocycles. The molecule has 196 valence electrons. The lowest BCUT2D eigenvalue weighted by molar-refractivity contribution is 0.0735. The van der Waals surface area contributed by atoms with Crippen LogP contribution in [0.4, 0.5) is 11.4 Å². The van der Waals surface area contributed by atoms with Crippen molar-refractivity contribution >= 4 is 17.3 Å². The van der Waals surface area contributed by atoms with Gasteiger partial charge in [-0.15, -0.1) is 0 Å². The van der Waals surface area contributed by atoms with Crippen molar-refractivity contribution in [3.8, 4) is 16.9 Å². The van der Waals surface area contributed by atoms with Gasteiger partial charge in [0, 0.05) is 11.4 Å². The van der Waals surface area contributed by atoms with Crippen LogP contribution in [-0.4, -0.2) is 5.97 Å². The molecule has 1 aliphatic carbocycles. The van der Waals surface area contributed by atoms with Gasteiger partial charge in [-0.25, -0.2) is 4.79 Å². The van der Waals surface area contributed by atoms with Crippen LogP contribution in [0.1, 0.15) is 99.4 Å². The lowest BCUT2D eigenvalue weighted by atomic mass is 9.77. The molecule has 37 heavy (non-hydrogen) atoms.